The van der Waals surface area contributed by atoms with E-state index in [-0.39, 0.29) is 5.52 Å². The average Bonchev–Trinajstić information content (AvgIpc) is 2.83. The summed E-state index contributed by atoms with van der Waals surface area (Å²) in [6, 6.07) is 5.51. The van der Waals surface area contributed by atoms with Gasteiger partial charge in [0.2, 0.25) is 0 Å². The third-order valence-electron chi connectivity index (χ3n) is 2.48. The van der Waals surface area contributed by atoms with E-state index >= 15 is 0 Å². The summed E-state index contributed by atoms with van der Waals surface area (Å²) < 4.78 is 31.8. The van der Waals surface area contributed by atoms with Crippen molar-refractivity contribution in [3.63, 3.8) is 0 Å². The molecule has 17 heavy (non-hydrogen) atoms. The van der Waals surface area contributed by atoms with Crippen LogP contribution in [0, 0.1) is 18.6 Å². The van der Waals surface area contributed by atoms with E-state index in [1.54, 1.807) is 19.1 Å². The lowest BCUT2D eigenvalue weighted by molar-refractivity contribution is 0.545. The van der Waals surface area contributed by atoms with E-state index in [0.717, 1.165) is 11.8 Å². The van der Waals surface area contributed by atoms with E-state index in [4.69, 9.17) is 4.42 Å². The summed E-state index contributed by atoms with van der Waals surface area (Å²) in [5.74, 6) is 0.287. The van der Waals surface area contributed by atoms with Crippen LogP contribution in [0.25, 0.3) is 22.6 Å². The maximum absolute atomic E-state index is 13.4. The molecule has 0 aliphatic carbocycles. The fraction of sp³-hybridized carbons (Fsp3) is 0.0833. The third kappa shape index (κ3) is 1.60. The second kappa shape index (κ2) is 3.41. The van der Waals surface area contributed by atoms with Gasteiger partial charge >= 0.3 is 0 Å². The highest BCUT2D eigenvalue weighted by molar-refractivity contribution is 5.79. The minimum Gasteiger partial charge on any atom is -0.458 e. The molecule has 3 aromatic rings. The Morgan fingerprint density at radius 1 is 1.24 bits per heavy atom. The Balaban J connectivity index is 2.23. The predicted octanol–water partition coefficient (Wildman–Crippen LogP) is 3.41. The Labute approximate surface area is 95.1 Å². The van der Waals surface area contributed by atoms with Gasteiger partial charge in [0.1, 0.15) is 17.1 Å². The Bertz CT molecular complexity index is 700. The number of aryl methyl sites for hydroxylation is 1. The standard InChI is InChI=1S/C12H8F2N2O/c1-6-2-3-10(17-6)12-15-9-5-7(13)4-8(14)11(9)16-12/h2-5H,1H3,(H,15,16). The largest absolute Gasteiger partial charge is 0.458 e. The van der Waals surface area contributed by atoms with Crippen molar-refractivity contribution in [2.24, 2.45) is 0 Å². The Morgan fingerprint density at radius 2 is 2.06 bits per heavy atom. The lowest BCUT2D eigenvalue weighted by Gasteiger charge is -1.90. The van der Waals surface area contributed by atoms with Crippen molar-refractivity contribution >= 4 is 11.0 Å². The van der Waals surface area contributed by atoms with Gasteiger partial charge in [0.25, 0.3) is 0 Å². The number of halogens is 2. The maximum Gasteiger partial charge on any atom is 0.174 e. The van der Waals surface area contributed by atoms with Gasteiger partial charge in [0.15, 0.2) is 17.4 Å². The van der Waals surface area contributed by atoms with Crippen LogP contribution in [0.3, 0.4) is 0 Å². The summed E-state index contributed by atoms with van der Waals surface area (Å²) in [4.78, 5) is 6.87. The average molecular weight is 234 g/mol. The Kier molecular flexibility index (Phi) is 2.01. The molecule has 0 aliphatic rings. The minimum atomic E-state index is -0.689. The first-order chi connectivity index (χ1) is 8.13. The van der Waals surface area contributed by atoms with Crippen LogP contribution < -0.4 is 0 Å². The molecule has 0 saturated carbocycles. The van der Waals surface area contributed by atoms with Gasteiger partial charge < -0.3 is 9.40 Å². The van der Waals surface area contributed by atoms with Crippen LogP contribution >= 0.6 is 0 Å². The van der Waals surface area contributed by atoms with Crippen LogP contribution in [0.4, 0.5) is 8.78 Å². The number of rotatable bonds is 1. The Hall–Kier alpha value is -2.17. The smallest absolute Gasteiger partial charge is 0.174 e. The number of nitrogens with one attached hydrogen (secondary N) is 1. The van der Waals surface area contributed by atoms with E-state index in [1.807, 2.05) is 0 Å². The molecule has 0 saturated heterocycles. The maximum atomic E-state index is 13.4. The van der Waals surface area contributed by atoms with Crippen molar-refractivity contribution in [3.8, 4) is 11.6 Å². The van der Waals surface area contributed by atoms with Crippen LogP contribution in [0.2, 0.25) is 0 Å². The topological polar surface area (TPSA) is 41.8 Å². The second-order valence-corrected chi connectivity index (χ2v) is 3.78. The molecule has 5 heteroatoms. The van der Waals surface area contributed by atoms with Gasteiger partial charge in [0.05, 0.1) is 5.52 Å². The molecule has 1 N–H and O–H groups in total. The van der Waals surface area contributed by atoms with Crippen molar-refractivity contribution in [1.82, 2.24) is 9.97 Å². The molecule has 2 heterocycles. The lowest BCUT2D eigenvalue weighted by Crippen LogP contribution is -1.81. The minimum absolute atomic E-state index is 0.107. The molecule has 86 valence electrons. The normalized spacial score (nSPS) is 11.2. The third-order valence-corrected chi connectivity index (χ3v) is 2.48. The highest BCUT2D eigenvalue weighted by atomic mass is 19.1. The van der Waals surface area contributed by atoms with Crippen molar-refractivity contribution in [3.05, 3.63) is 41.7 Å². The van der Waals surface area contributed by atoms with Gasteiger partial charge in [-0.2, -0.15) is 0 Å². The number of hydrogen-bond donors (Lipinski definition) is 1. The van der Waals surface area contributed by atoms with Gasteiger partial charge in [-0.1, -0.05) is 0 Å². The number of aromatic nitrogens is 2. The second-order valence-electron chi connectivity index (χ2n) is 3.78. The number of nitrogens with zero attached hydrogens (tertiary/aromatic N) is 1. The van der Waals surface area contributed by atoms with Gasteiger partial charge in [0, 0.05) is 6.07 Å². The number of hydrogen-bond acceptors (Lipinski definition) is 2. The quantitative estimate of drug-likeness (QED) is 0.701. The molecule has 3 rings (SSSR count). The zero-order valence-corrected chi connectivity index (χ0v) is 8.92. The lowest BCUT2D eigenvalue weighted by atomic mass is 10.3. The van der Waals surface area contributed by atoms with Crippen molar-refractivity contribution in [1.29, 1.82) is 0 Å². The predicted molar refractivity (Wildman–Crippen MR) is 58.4 cm³/mol. The summed E-state index contributed by atoms with van der Waals surface area (Å²) in [5.41, 5.74) is 0.419. The van der Waals surface area contributed by atoms with Crippen LogP contribution in [-0.2, 0) is 0 Å². The Morgan fingerprint density at radius 3 is 2.76 bits per heavy atom. The SMILES string of the molecule is Cc1ccc(-c2nc3c(F)cc(F)cc3[nH]2)o1. The molecular formula is C12H8F2N2O. The molecule has 0 atom stereocenters. The molecule has 0 spiro atoms. The van der Waals surface area contributed by atoms with Crippen LogP contribution in [0.1, 0.15) is 5.76 Å². The monoisotopic (exact) mass is 234 g/mol. The molecule has 0 amide bonds. The van der Waals surface area contributed by atoms with E-state index in [2.05, 4.69) is 9.97 Å². The molecule has 1 aromatic carbocycles. The molecule has 0 radical (unpaired) electrons. The van der Waals surface area contributed by atoms with Crippen molar-refractivity contribution in [2.45, 2.75) is 6.92 Å². The molecular weight excluding hydrogens is 226 g/mol. The number of fused-ring (bicyclic) bond motifs is 1. The van der Waals surface area contributed by atoms with Gasteiger partial charge in [-0.05, 0) is 25.1 Å². The van der Waals surface area contributed by atoms with Crippen LogP contribution in [0.15, 0.2) is 28.7 Å². The van der Waals surface area contributed by atoms with E-state index in [1.165, 1.54) is 6.07 Å². The summed E-state index contributed by atoms with van der Waals surface area (Å²) in [6.45, 7) is 1.80. The van der Waals surface area contributed by atoms with Crippen molar-refractivity contribution < 1.29 is 13.2 Å². The van der Waals surface area contributed by atoms with E-state index in [9.17, 15) is 8.78 Å². The summed E-state index contributed by atoms with van der Waals surface area (Å²) in [6.07, 6.45) is 0. The molecule has 0 unspecified atom stereocenters. The zero-order chi connectivity index (χ0) is 12.0. The first-order valence-electron chi connectivity index (χ1n) is 5.05. The number of H-pyrrole nitrogens is 1. The number of imidazole rings is 1. The van der Waals surface area contributed by atoms with Gasteiger partial charge in [-0.15, -0.1) is 0 Å². The van der Waals surface area contributed by atoms with Gasteiger partial charge in [-0.25, -0.2) is 13.8 Å². The first-order valence-corrected chi connectivity index (χ1v) is 5.05. The van der Waals surface area contributed by atoms with Crippen LogP contribution in [-0.4, -0.2) is 9.97 Å². The van der Waals surface area contributed by atoms with Crippen LogP contribution in [0.5, 0.6) is 0 Å². The summed E-state index contributed by atoms with van der Waals surface area (Å²) in [7, 11) is 0. The fourth-order valence-corrected chi connectivity index (χ4v) is 1.72. The molecule has 0 fully saturated rings. The van der Waals surface area contributed by atoms with Gasteiger partial charge in [-0.3, -0.25) is 0 Å². The number of furan rings is 1. The van der Waals surface area contributed by atoms with E-state index < -0.39 is 11.6 Å². The number of aromatic amines is 1. The zero-order valence-electron chi connectivity index (χ0n) is 8.92. The highest BCUT2D eigenvalue weighted by Gasteiger charge is 2.12. The first kappa shape index (κ1) is 10.0. The van der Waals surface area contributed by atoms with E-state index in [0.29, 0.717) is 17.1 Å². The highest BCUT2D eigenvalue weighted by Crippen LogP contribution is 2.24. The molecule has 0 aliphatic heterocycles. The number of benzene rings is 1. The molecule has 0 bridgehead atoms. The molecule has 2 aromatic heterocycles. The van der Waals surface area contributed by atoms with Crippen molar-refractivity contribution in [2.75, 3.05) is 0 Å². The molecule has 3 nitrogen and oxygen atoms in total. The summed E-state index contributed by atoms with van der Waals surface area (Å²) in [5, 5.41) is 0. The summed E-state index contributed by atoms with van der Waals surface area (Å²) >= 11 is 0. The fourth-order valence-electron chi connectivity index (χ4n) is 1.72.